The molecule has 0 saturated heterocycles. The third-order valence-corrected chi connectivity index (χ3v) is 2.92. The zero-order valence-corrected chi connectivity index (χ0v) is 8.08. The second kappa shape index (κ2) is 3.10. The summed E-state index contributed by atoms with van der Waals surface area (Å²) in [6.45, 7) is 0. The molecular weight excluding hydrogens is 286 g/mol. The summed E-state index contributed by atoms with van der Waals surface area (Å²) in [5.41, 5.74) is 4.94. The predicted molar refractivity (Wildman–Crippen MR) is 48.5 cm³/mol. The minimum atomic E-state index is -1.04. The molecule has 11 heavy (non-hydrogen) atoms. The first-order chi connectivity index (χ1) is 5.04. The van der Waals surface area contributed by atoms with Gasteiger partial charge in [-0.25, -0.2) is 8.78 Å². The molecule has 0 aliphatic rings. The monoisotopic (exact) mass is 289 g/mol. The second-order valence-electron chi connectivity index (χ2n) is 1.88. The average molecular weight is 289 g/mol. The van der Waals surface area contributed by atoms with Gasteiger partial charge in [0.15, 0.2) is 11.6 Å². The first kappa shape index (κ1) is 8.99. The molecule has 0 saturated carbocycles. The zero-order chi connectivity index (χ0) is 8.59. The molecule has 0 unspecified atom stereocenters. The molecule has 0 atom stereocenters. The van der Waals surface area contributed by atoms with Gasteiger partial charge in [0.2, 0.25) is 0 Å². The summed E-state index contributed by atoms with van der Waals surface area (Å²) in [6, 6.07) is 0.898. The fourth-order valence-corrected chi connectivity index (χ4v) is 1.18. The van der Waals surface area contributed by atoms with Crippen LogP contribution in [0.1, 0.15) is 0 Å². The molecule has 0 radical (unpaired) electrons. The number of nitrogens with two attached hydrogens (primary N) is 1. The number of nitrogen functional groups attached to an aromatic ring is 1. The van der Waals surface area contributed by atoms with E-state index >= 15 is 0 Å². The van der Waals surface area contributed by atoms with Crippen molar-refractivity contribution in [2.24, 2.45) is 0 Å². The largest absolute Gasteiger partial charge is 0.395 e. The van der Waals surface area contributed by atoms with Crippen LogP contribution in [-0.2, 0) is 0 Å². The molecule has 1 nitrogen and oxygen atoms in total. The van der Waals surface area contributed by atoms with Crippen molar-refractivity contribution in [3.63, 3.8) is 0 Å². The van der Waals surface area contributed by atoms with Crippen LogP contribution >= 0.6 is 34.2 Å². The molecule has 2 N–H and O–H groups in total. The number of hydrogen-bond acceptors (Lipinski definition) is 1. The fraction of sp³-hybridized carbons (Fsp3) is 0. The van der Waals surface area contributed by atoms with E-state index in [0.29, 0.717) is 3.57 Å². The summed E-state index contributed by atoms with van der Waals surface area (Å²) in [4.78, 5) is 0. The van der Waals surface area contributed by atoms with E-state index in [1.807, 2.05) is 0 Å². The van der Waals surface area contributed by atoms with Gasteiger partial charge in [-0.2, -0.15) is 0 Å². The van der Waals surface area contributed by atoms with Gasteiger partial charge in [-0.15, -0.1) is 0 Å². The van der Waals surface area contributed by atoms with Crippen molar-refractivity contribution < 1.29 is 8.78 Å². The predicted octanol–water partition coefficient (Wildman–Crippen LogP) is 2.80. The normalized spacial score (nSPS) is 10.2. The molecule has 1 aromatic carbocycles. The zero-order valence-electron chi connectivity index (χ0n) is 5.17. The van der Waals surface area contributed by atoms with E-state index < -0.39 is 11.6 Å². The highest BCUT2D eigenvalue weighted by molar-refractivity contribution is 14.1. The van der Waals surface area contributed by atoms with E-state index in [1.165, 1.54) is 0 Å². The summed E-state index contributed by atoms with van der Waals surface area (Å²) in [5, 5.41) is 0.127. The quantitative estimate of drug-likeness (QED) is 0.444. The van der Waals surface area contributed by atoms with Gasteiger partial charge in [0.25, 0.3) is 0 Å². The van der Waals surface area contributed by atoms with Crippen LogP contribution in [0.5, 0.6) is 0 Å². The minimum Gasteiger partial charge on any atom is -0.395 e. The lowest BCUT2D eigenvalue weighted by Gasteiger charge is -2.02. The number of benzene rings is 1. The summed E-state index contributed by atoms with van der Waals surface area (Å²) >= 11 is 7.24. The number of rotatable bonds is 0. The summed E-state index contributed by atoms with van der Waals surface area (Å²) in [7, 11) is 0. The molecule has 1 rings (SSSR count). The minimum absolute atomic E-state index is 0.127. The fourth-order valence-electron chi connectivity index (χ4n) is 0.592. The van der Waals surface area contributed by atoms with Crippen molar-refractivity contribution in [3.8, 4) is 0 Å². The Hall–Kier alpha value is -0.100. The number of hydrogen-bond donors (Lipinski definition) is 1. The molecule has 0 spiro atoms. The Labute approximate surface area is 80.7 Å². The lowest BCUT2D eigenvalue weighted by molar-refractivity contribution is 0.511. The molecular formula is C6H3ClF2IN. The highest BCUT2D eigenvalue weighted by Crippen LogP contribution is 2.28. The molecule has 0 aliphatic carbocycles. The maximum Gasteiger partial charge on any atom is 0.182 e. The van der Waals surface area contributed by atoms with Crippen LogP contribution in [-0.4, -0.2) is 0 Å². The van der Waals surface area contributed by atoms with E-state index in [4.69, 9.17) is 17.3 Å². The van der Waals surface area contributed by atoms with E-state index in [9.17, 15) is 8.78 Å². The Bertz CT molecular complexity index is 277. The Morgan fingerprint density at radius 3 is 2.55 bits per heavy atom. The maximum absolute atomic E-state index is 12.6. The SMILES string of the molecule is Nc1c(F)c(F)cc(Cl)c1I. The van der Waals surface area contributed by atoms with Gasteiger partial charge >= 0.3 is 0 Å². The maximum atomic E-state index is 12.6. The van der Waals surface area contributed by atoms with Crippen molar-refractivity contribution >= 4 is 39.9 Å². The highest BCUT2D eigenvalue weighted by atomic mass is 127. The molecule has 0 fully saturated rings. The van der Waals surface area contributed by atoms with Gasteiger partial charge in [0.05, 0.1) is 14.3 Å². The molecule has 5 heteroatoms. The van der Waals surface area contributed by atoms with E-state index in [0.717, 1.165) is 6.07 Å². The summed E-state index contributed by atoms with van der Waals surface area (Å²) in [5.74, 6) is -2.06. The van der Waals surface area contributed by atoms with Gasteiger partial charge in [-0.1, -0.05) is 11.6 Å². The van der Waals surface area contributed by atoms with Crippen LogP contribution in [0.3, 0.4) is 0 Å². The molecule has 0 amide bonds. The van der Waals surface area contributed by atoms with Crippen molar-refractivity contribution in [3.05, 3.63) is 26.3 Å². The Balaban J connectivity index is 3.46. The van der Waals surface area contributed by atoms with E-state index in [1.54, 1.807) is 22.6 Å². The molecule has 0 heterocycles. The molecule has 60 valence electrons. The van der Waals surface area contributed by atoms with E-state index in [-0.39, 0.29) is 10.7 Å². The lowest BCUT2D eigenvalue weighted by atomic mass is 10.3. The molecule has 0 bridgehead atoms. The second-order valence-corrected chi connectivity index (χ2v) is 3.37. The lowest BCUT2D eigenvalue weighted by Crippen LogP contribution is -1.98. The van der Waals surface area contributed by atoms with Gasteiger partial charge in [-0.05, 0) is 28.7 Å². The first-order valence-corrected chi connectivity index (χ1v) is 4.08. The third kappa shape index (κ3) is 1.56. The molecule has 0 aliphatic heterocycles. The van der Waals surface area contributed by atoms with Gasteiger partial charge in [0, 0.05) is 0 Å². The van der Waals surface area contributed by atoms with Crippen molar-refractivity contribution in [2.45, 2.75) is 0 Å². The molecule has 1 aromatic rings. The molecule has 0 aromatic heterocycles. The Kier molecular flexibility index (Phi) is 2.54. The Morgan fingerprint density at radius 2 is 2.00 bits per heavy atom. The highest BCUT2D eigenvalue weighted by Gasteiger charge is 2.12. The first-order valence-electron chi connectivity index (χ1n) is 2.62. The van der Waals surface area contributed by atoms with Crippen molar-refractivity contribution in [1.82, 2.24) is 0 Å². The van der Waals surface area contributed by atoms with E-state index in [2.05, 4.69) is 0 Å². The van der Waals surface area contributed by atoms with Crippen molar-refractivity contribution in [2.75, 3.05) is 5.73 Å². The number of anilines is 1. The van der Waals surface area contributed by atoms with Crippen LogP contribution in [0.4, 0.5) is 14.5 Å². The standard InChI is InChI=1S/C6H3ClF2IN/c7-2-1-3(8)4(9)6(11)5(2)10/h1H,11H2. The number of halogens is 4. The van der Waals surface area contributed by atoms with Crippen LogP contribution in [0.2, 0.25) is 5.02 Å². The average Bonchev–Trinajstić information content (AvgIpc) is 1.97. The Morgan fingerprint density at radius 1 is 1.45 bits per heavy atom. The van der Waals surface area contributed by atoms with Gasteiger partial charge < -0.3 is 5.73 Å². The topological polar surface area (TPSA) is 26.0 Å². The smallest absolute Gasteiger partial charge is 0.182 e. The summed E-state index contributed by atoms with van der Waals surface area (Å²) in [6.07, 6.45) is 0. The van der Waals surface area contributed by atoms with Crippen molar-refractivity contribution in [1.29, 1.82) is 0 Å². The van der Waals surface area contributed by atoms with Crippen LogP contribution in [0, 0.1) is 15.2 Å². The van der Waals surface area contributed by atoms with Gasteiger partial charge in [0.1, 0.15) is 0 Å². The third-order valence-electron chi connectivity index (χ3n) is 1.15. The summed E-state index contributed by atoms with van der Waals surface area (Å²) < 4.78 is 25.4. The van der Waals surface area contributed by atoms with Crippen LogP contribution < -0.4 is 5.73 Å². The van der Waals surface area contributed by atoms with Gasteiger partial charge in [-0.3, -0.25) is 0 Å². The van der Waals surface area contributed by atoms with Crippen LogP contribution in [0.25, 0.3) is 0 Å². The van der Waals surface area contributed by atoms with Crippen LogP contribution in [0.15, 0.2) is 6.07 Å².